The van der Waals surface area contributed by atoms with E-state index in [9.17, 15) is 17.2 Å². The Labute approximate surface area is 199 Å². The van der Waals surface area contributed by atoms with E-state index in [4.69, 9.17) is 0 Å². The first-order chi connectivity index (χ1) is 14.2. The lowest BCUT2D eigenvalue weighted by Gasteiger charge is -2.22. The molecule has 7 nitrogen and oxygen atoms in total. The number of alkyl halides is 2. The Kier molecular flexibility index (Phi) is 11.1. The lowest BCUT2D eigenvalue weighted by Crippen LogP contribution is -2.42. The third-order valence-corrected chi connectivity index (χ3v) is 5.65. The van der Waals surface area contributed by atoms with Gasteiger partial charge in [-0.3, -0.25) is 4.99 Å². The van der Waals surface area contributed by atoms with E-state index < -0.39 is 16.6 Å². The molecule has 172 valence electrons. The zero-order valence-electron chi connectivity index (χ0n) is 17.5. The van der Waals surface area contributed by atoms with Crippen molar-refractivity contribution in [1.29, 1.82) is 0 Å². The van der Waals surface area contributed by atoms with Gasteiger partial charge >= 0.3 is 6.61 Å². The maximum atomic E-state index is 12.3. The highest BCUT2D eigenvalue weighted by molar-refractivity contribution is 14.0. The van der Waals surface area contributed by atoms with Gasteiger partial charge in [0.05, 0.1) is 4.90 Å². The highest BCUT2D eigenvalue weighted by Gasteiger charge is 2.13. The predicted molar refractivity (Wildman–Crippen MR) is 128 cm³/mol. The first kappa shape index (κ1) is 27.0. The van der Waals surface area contributed by atoms with Gasteiger partial charge in [-0.25, -0.2) is 13.1 Å². The van der Waals surface area contributed by atoms with Crippen molar-refractivity contribution in [1.82, 2.24) is 14.9 Å². The second kappa shape index (κ2) is 12.8. The Balaban J connectivity index is 0.00000480. The number of halogens is 3. The first-order valence-electron chi connectivity index (χ1n) is 9.23. The molecule has 2 aromatic carbocycles. The summed E-state index contributed by atoms with van der Waals surface area (Å²) in [7, 11) is -0.137. The van der Waals surface area contributed by atoms with Gasteiger partial charge in [-0.05, 0) is 36.8 Å². The molecule has 0 saturated carbocycles. The number of guanidine groups is 1. The molecule has 0 radical (unpaired) electrons. The monoisotopic (exact) mass is 568 g/mol. The van der Waals surface area contributed by atoms with E-state index in [1.54, 1.807) is 43.4 Å². The molecule has 0 spiro atoms. The van der Waals surface area contributed by atoms with Gasteiger partial charge in [0.25, 0.3) is 0 Å². The Bertz CT molecular complexity index is 940. The summed E-state index contributed by atoms with van der Waals surface area (Å²) in [6.45, 7) is 0.0296. The minimum absolute atomic E-state index is 0. The highest BCUT2D eigenvalue weighted by atomic mass is 127. The SMILES string of the molecule is CN=C(NCCNS(=O)(=O)c1ccc(C)cc1)N(C)Cc1ccc(OC(F)F)cc1.I. The molecule has 0 saturated heterocycles. The summed E-state index contributed by atoms with van der Waals surface area (Å²) in [6.07, 6.45) is 0. The van der Waals surface area contributed by atoms with Gasteiger partial charge in [-0.2, -0.15) is 8.78 Å². The average Bonchev–Trinajstić information content (AvgIpc) is 2.69. The summed E-state index contributed by atoms with van der Waals surface area (Å²) >= 11 is 0. The van der Waals surface area contributed by atoms with E-state index in [1.807, 2.05) is 18.9 Å². The molecule has 0 amide bonds. The standard InChI is InChI=1S/C20H26F2N4O3S.HI/c1-15-4-10-18(11-5-15)30(27,28)25-13-12-24-20(23-2)26(3)14-16-6-8-17(9-7-16)29-19(21)22;/h4-11,19,25H,12-14H2,1-3H3,(H,23,24);1H. The summed E-state index contributed by atoms with van der Waals surface area (Å²) < 4.78 is 55.9. The van der Waals surface area contributed by atoms with Crippen LogP contribution in [-0.4, -0.2) is 53.1 Å². The molecule has 0 unspecified atom stereocenters. The van der Waals surface area contributed by atoms with Gasteiger partial charge < -0.3 is 15.0 Å². The molecule has 2 aromatic rings. The molecule has 0 aliphatic heterocycles. The van der Waals surface area contributed by atoms with Crippen molar-refractivity contribution in [2.75, 3.05) is 27.2 Å². The number of benzene rings is 2. The Morgan fingerprint density at radius 3 is 2.26 bits per heavy atom. The normalized spacial score (nSPS) is 11.7. The van der Waals surface area contributed by atoms with Crippen molar-refractivity contribution in [2.45, 2.75) is 25.0 Å². The van der Waals surface area contributed by atoms with Crippen LogP contribution < -0.4 is 14.8 Å². The molecule has 0 aliphatic rings. The zero-order chi connectivity index (χ0) is 22.1. The fraction of sp³-hybridized carbons (Fsp3) is 0.350. The molecule has 11 heteroatoms. The molecule has 31 heavy (non-hydrogen) atoms. The number of ether oxygens (including phenoxy) is 1. The third kappa shape index (κ3) is 8.95. The lowest BCUT2D eigenvalue weighted by molar-refractivity contribution is -0.0498. The van der Waals surface area contributed by atoms with Crippen molar-refractivity contribution < 1.29 is 21.9 Å². The molecule has 2 N–H and O–H groups in total. The van der Waals surface area contributed by atoms with E-state index >= 15 is 0 Å². The third-order valence-electron chi connectivity index (χ3n) is 4.17. The fourth-order valence-corrected chi connectivity index (χ4v) is 3.70. The van der Waals surface area contributed by atoms with Gasteiger partial charge in [-0.1, -0.05) is 29.8 Å². The first-order valence-corrected chi connectivity index (χ1v) is 10.7. The average molecular weight is 568 g/mol. The Hall–Kier alpha value is -1.99. The smallest absolute Gasteiger partial charge is 0.387 e. The van der Waals surface area contributed by atoms with E-state index in [1.165, 1.54) is 12.1 Å². The molecular formula is C20H27F2IN4O3S. The van der Waals surface area contributed by atoms with Gasteiger partial charge in [0.1, 0.15) is 5.75 Å². The van der Waals surface area contributed by atoms with Crippen LogP contribution in [0.5, 0.6) is 5.75 Å². The van der Waals surface area contributed by atoms with Crippen molar-refractivity contribution >= 4 is 40.0 Å². The summed E-state index contributed by atoms with van der Waals surface area (Å²) in [5, 5.41) is 3.09. The van der Waals surface area contributed by atoms with Gasteiger partial charge in [0, 0.05) is 33.7 Å². The number of aryl methyl sites for hydroxylation is 1. The minimum Gasteiger partial charge on any atom is -0.435 e. The van der Waals surface area contributed by atoms with Gasteiger partial charge in [0.15, 0.2) is 5.96 Å². The predicted octanol–water partition coefficient (Wildman–Crippen LogP) is 3.20. The molecule has 0 heterocycles. The van der Waals surface area contributed by atoms with Crippen molar-refractivity contribution in [2.24, 2.45) is 4.99 Å². The number of rotatable bonds is 9. The van der Waals surface area contributed by atoms with Crippen LogP contribution in [-0.2, 0) is 16.6 Å². The van der Waals surface area contributed by atoms with Crippen LogP contribution >= 0.6 is 24.0 Å². The Morgan fingerprint density at radius 1 is 1.10 bits per heavy atom. The summed E-state index contributed by atoms with van der Waals surface area (Å²) in [6, 6.07) is 13.0. The second-order valence-electron chi connectivity index (χ2n) is 6.56. The van der Waals surface area contributed by atoms with Crippen LogP contribution in [0.3, 0.4) is 0 Å². The van der Waals surface area contributed by atoms with Crippen molar-refractivity contribution in [3.8, 4) is 5.75 Å². The van der Waals surface area contributed by atoms with E-state index in [2.05, 4.69) is 19.8 Å². The van der Waals surface area contributed by atoms with Crippen LogP contribution in [0.25, 0.3) is 0 Å². The largest absolute Gasteiger partial charge is 0.435 e. The van der Waals surface area contributed by atoms with Gasteiger partial charge in [0.2, 0.25) is 10.0 Å². The molecule has 0 atom stereocenters. The minimum atomic E-state index is -3.57. The summed E-state index contributed by atoms with van der Waals surface area (Å²) in [4.78, 5) is 6.22. The van der Waals surface area contributed by atoms with Crippen LogP contribution in [0.1, 0.15) is 11.1 Å². The van der Waals surface area contributed by atoms with Gasteiger partial charge in [-0.15, -0.1) is 24.0 Å². The van der Waals surface area contributed by atoms with Crippen molar-refractivity contribution in [3.63, 3.8) is 0 Å². The Morgan fingerprint density at radius 2 is 1.71 bits per heavy atom. The van der Waals surface area contributed by atoms with Crippen LogP contribution in [0.15, 0.2) is 58.4 Å². The van der Waals surface area contributed by atoms with E-state index in [-0.39, 0.29) is 41.2 Å². The molecule has 0 bridgehead atoms. The molecule has 2 rings (SSSR count). The number of nitrogens with one attached hydrogen (secondary N) is 2. The fourth-order valence-electron chi connectivity index (χ4n) is 2.67. The summed E-state index contributed by atoms with van der Waals surface area (Å²) in [5.41, 5.74) is 1.86. The van der Waals surface area contributed by atoms with Crippen LogP contribution in [0.4, 0.5) is 8.78 Å². The number of hydrogen-bond donors (Lipinski definition) is 2. The molecule has 0 fully saturated rings. The number of aliphatic imine (C=N–C) groups is 1. The zero-order valence-corrected chi connectivity index (χ0v) is 20.7. The highest BCUT2D eigenvalue weighted by Crippen LogP contribution is 2.15. The summed E-state index contributed by atoms with van der Waals surface area (Å²) in [5.74, 6) is 0.664. The maximum Gasteiger partial charge on any atom is 0.387 e. The molecular weight excluding hydrogens is 541 g/mol. The number of hydrogen-bond acceptors (Lipinski definition) is 4. The topological polar surface area (TPSA) is 83.0 Å². The van der Waals surface area contributed by atoms with Crippen LogP contribution in [0.2, 0.25) is 0 Å². The lowest BCUT2D eigenvalue weighted by atomic mass is 10.2. The number of nitrogens with zero attached hydrogens (tertiary/aromatic N) is 2. The second-order valence-corrected chi connectivity index (χ2v) is 8.33. The number of sulfonamides is 1. The van der Waals surface area contributed by atoms with E-state index in [0.29, 0.717) is 19.0 Å². The quantitative estimate of drug-likeness (QED) is 0.210. The maximum absolute atomic E-state index is 12.3. The van der Waals surface area contributed by atoms with E-state index in [0.717, 1.165) is 11.1 Å². The molecule has 0 aliphatic carbocycles. The molecule has 0 aromatic heterocycles. The van der Waals surface area contributed by atoms with Crippen LogP contribution in [0, 0.1) is 6.92 Å². The van der Waals surface area contributed by atoms with Crippen molar-refractivity contribution in [3.05, 3.63) is 59.7 Å².